The van der Waals surface area contributed by atoms with Crippen LogP contribution in [-0.4, -0.2) is 11.1 Å². The van der Waals surface area contributed by atoms with Gasteiger partial charge >= 0.3 is 0 Å². The van der Waals surface area contributed by atoms with Gasteiger partial charge in [-0.2, -0.15) is 0 Å². The van der Waals surface area contributed by atoms with Gasteiger partial charge in [-0.25, -0.2) is 0 Å². The third-order valence-corrected chi connectivity index (χ3v) is 3.84. The van der Waals surface area contributed by atoms with E-state index < -0.39 is 0 Å². The van der Waals surface area contributed by atoms with Crippen molar-refractivity contribution in [1.82, 2.24) is 0 Å². The zero-order chi connectivity index (χ0) is 10.4. The molecule has 14 heavy (non-hydrogen) atoms. The highest BCUT2D eigenvalue weighted by molar-refractivity contribution is 7.99. The fraction of sp³-hybridized carbons (Fsp3) is 0.500. The van der Waals surface area contributed by atoms with Crippen LogP contribution in [0.5, 0.6) is 0 Å². The number of rotatable bonds is 5. The zero-order valence-corrected chi connectivity index (χ0v) is 10.3. The van der Waals surface area contributed by atoms with E-state index >= 15 is 0 Å². The molecule has 0 saturated heterocycles. The minimum Gasteiger partial charge on any atom is -0.126 e. The van der Waals surface area contributed by atoms with Crippen molar-refractivity contribution in [3.8, 4) is 0 Å². The molecule has 1 aromatic rings. The molecular formula is C12H17ClS. The van der Waals surface area contributed by atoms with E-state index in [-0.39, 0.29) is 5.38 Å². The molecule has 0 spiro atoms. The Balaban J connectivity index is 2.22. The Morgan fingerprint density at radius 2 is 1.86 bits per heavy atom. The first-order valence-electron chi connectivity index (χ1n) is 5.02. The normalized spacial score (nSPS) is 15.1. The fourth-order valence-electron chi connectivity index (χ4n) is 1.11. The second-order valence-electron chi connectivity index (χ2n) is 3.61. The summed E-state index contributed by atoms with van der Waals surface area (Å²) in [5.41, 5.74) is 0. The van der Waals surface area contributed by atoms with Crippen molar-refractivity contribution in [2.45, 2.75) is 30.5 Å². The molecule has 2 heteroatoms. The van der Waals surface area contributed by atoms with Crippen LogP contribution in [0.2, 0.25) is 0 Å². The molecule has 0 N–H and O–H groups in total. The molecule has 0 heterocycles. The molecule has 2 unspecified atom stereocenters. The molecular weight excluding hydrogens is 212 g/mol. The van der Waals surface area contributed by atoms with Gasteiger partial charge in [0.1, 0.15) is 0 Å². The van der Waals surface area contributed by atoms with Gasteiger partial charge in [-0.15, -0.1) is 23.4 Å². The third kappa shape index (κ3) is 4.39. The number of halogens is 1. The number of hydrogen-bond acceptors (Lipinski definition) is 1. The third-order valence-electron chi connectivity index (χ3n) is 2.37. The molecule has 1 aromatic carbocycles. The van der Waals surface area contributed by atoms with Gasteiger partial charge in [-0.1, -0.05) is 25.1 Å². The summed E-state index contributed by atoms with van der Waals surface area (Å²) in [4.78, 5) is 1.35. The lowest BCUT2D eigenvalue weighted by atomic mass is 10.1. The Bertz CT molecular complexity index is 246. The van der Waals surface area contributed by atoms with Crippen molar-refractivity contribution in [3.63, 3.8) is 0 Å². The first-order valence-corrected chi connectivity index (χ1v) is 6.44. The lowest BCUT2D eigenvalue weighted by Crippen LogP contribution is -2.07. The van der Waals surface area contributed by atoms with Gasteiger partial charge in [0, 0.05) is 10.3 Å². The predicted molar refractivity (Wildman–Crippen MR) is 66.3 cm³/mol. The van der Waals surface area contributed by atoms with Crippen molar-refractivity contribution in [2.24, 2.45) is 5.92 Å². The van der Waals surface area contributed by atoms with Gasteiger partial charge in [-0.3, -0.25) is 0 Å². The number of benzene rings is 1. The largest absolute Gasteiger partial charge is 0.126 e. The summed E-state index contributed by atoms with van der Waals surface area (Å²) in [7, 11) is 0. The number of hydrogen-bond donors (Lipinski definition) is 0. The first kappa shape index (κ1) is 11.9. The van der Waals surface area contributed by atoms with Gasteiger partial charge in [0.2, 0.25) is 0 Å². The zero-order valence-electron chi connectivity index (χ0n) is 8.74. The van der Waals surface area contributed by atoms with Crippen LogP contribution in [0.3, 0.4) is 0 Å². The Morgan fingerprint density at radius 1 is 1.21 bits per heavy atom. The summed E-state index contributed by atoms with van der Waals surface area (Å²) in [5, 5.41) is 0.284. The second-order valence-corrected chi connectivity index (χ2v) is 5.46. The van der Waals surface area contributed by atoms with Gasteiger partial charge in [0.25, 0.3) is 0 Å². The molecule has 0 aliphatic carbocycles. The van der Waals surface area contributed by atoms with E-state index in [1.54, 1.807) is 0 Å². The van der Waals surface area contributed by atoms with E-state index in [1.165, 1.54) is 11.3 Å². The molecule has 0 bridgehead atoms. The summed E-state index contributed by atoms with van der Waals surface area (Å²) >= 11 is 7.91. The lowest BCUT2D eigenvalue weighted by Gasteiger charge is -2.12. The van der Waals surface area contributed by atoms with Crippen LogP contribution in [0.25, 0.3) is 0 Å². The lowest BCUT2D eigenvalue weighted by molar-refractivity contribution is 0.556. The van der Waals surface area contributed by atoms with Crippen LogP contribution in [-0.2, 0) is 0 Å². The summed E-state index contributed by atoms with van der Waals surface area (Å²) in [5.74, 6) is 1.76. The minimum atomic E-state index is 0.284. The summed E-state index contributed by atoms with van der Waals surface area (Å²) in [6, 6.07) is 10.5. The number of thioether (sulfide) groups is 1. The van der Waals surface area contributed by atoms with Crippen molar-refractivity contribution in [1.29, 1.82) is 0 Å². The molecule has 0 fully saturated rings. The van der Waals surface area contributed by atoms with E-state index in [1.807, 2.05) is 17.8 Å². The van der Waals surface area contributed by atoms with Crippen LogP contribution >= 0.6 is 23.4 Å². The summed E-state index contributed by atoms with van der Waals surface area (Å²) in [6.07, 6.45) is 1.18. The Morgan fingerprint density at radius 3 is 2.43 bits per heavy atom. The van der Waals surface area contributed by atoms with E-state index in [2.05, 4.69) is 38.1 Å². The van der Waals surface area contributed by atoms with Crippen LogP contribution in [0.4, 0.5) is 0 Å². The van der Waals surface area contributed by atoms with Crippen LogP contribution in [0, 0.1) is 5.92 Å². The Labute approximate surface area is 96.0 Å². The molecule has 0 aliphatic heterocycles. The molecule has 0 aliphatic rings. The average molecular weight is 229 g/mol. The van der Waals surface area contributed by atoms with Crippen LogP contribution in [0.15, 0.2) is 35.2 Å². The smallest absolute Gasteiger partial charge is 0.0333 e. The molecule has 1 rings (SSSR count). The number of alkyl halides is 1. The summed E-state index contributed by atoms with van der Waals surface area (Å²) < 4.78 is 0. The van der Waals surface area contributed by atoms with E-state index in [0.29, 0.717) is 5.92 Å². The van der Waals surface area contributed by atoms with Crippen molar-refractivity contribution < 1.29 is 0 Å². The van der Waals surface area contributed by atoms with Crippen molar-refractivity contribution in [2.75, 3.05) is 5.75 Å². The van der Waals surface area contributed by atoms with E-state index in [4.69, 9.17) is 11.6 Å². The molecule has 0 radical (unpaired) electrons. The Kier molecular flexibility index (Phi) is 5.42. The highest BCUT2D eigenvalue weighted by Gasteiger charge is 2.08. The minimum absolute atomic E-state index is 0.284. The maximum atomic E-state index is 6.00. The SMILES string of the molecule is CC(Cl)C(C)CCSc1ccccc1. The van der Waals surface area contributed by atoms with Crippen molar-refractivity contribution in [3.05, 3.63) is 30.3 Å². The van der Waals surface area contributed by atoms with E-state index in [9.17, 15) is 0 Å². The highest BCUT2D eigenvalue weighted by Crippen LogP contribution is 2.22. The van der Waals surface area contributed by atoms with E-state index in [0.717, 1.165) is 5.75 Å². The standard InChI is InChI=1S/C12H17ClS/c1-10(11(2)13)8-9-14-12-6-4-3-5-7-12/h3-7,10-11H,8-9H2,1-2H3. The van der Waals surface area contributed by atoms with Gasteiger partial charge < -0.3 is 0 Å². The van der Waals surface area contributed by atoms with Crippen molar-refractivity contribution >= 4 is 23.4 Å². The molecule has 0 saturated carbocycles. The first-order chi connectivity index (χ1) is 6.70. The van der Waals surface area contributed by atoms with Crippen LogP contribution in [0.1, 0.15) is 20.3 Å². The topological polar surface area (TPSA) is 0 Å². The van der Waals surface area contributed by atoms with Gasteiger partial charge in [-0.05, 0) is 37.1 Å². The molecule has 0 aromatic heterocycles. The highest BCUT2D eigenvalue weighted by atomic mass is 35.5. The van der Waals surface area contributed by atoms with Gasteiger partial charge in [0.05, 0.1) is 0 Å². The van der Waals surface area contributed by atoms with Crippen LogP contribution < -0.4 is 0 Å². The monoisotopic (exact) mass is 228 g/mol. The second kappa shape index (κ2) is 6.36. The molecule has 0 nitrogen and oxygen atoms in total. The van der Waals surface area contributed by atoms with Gasteiger partial charge in [0.15, 0.2) is 0 Å². The predicted octanol–water partition coefficient (Wildman–Crippen LogP) is 4.43. The quantitative estimate of drug-likeness (QED) is 0.531. The molecule has 2 atom stereocenters. The fourth-order valence-corrected chi connectivity index (χ4v) is 2.31. The summed E-state index contributed by atoms with van der Waals surface area (Å²) in [6.45, 7) is 4.28. The molecule has 78 valence electrons. The Hall–Kier alpha value is -0.140. The maximum Gasteiger partial charge on any atom is 0.0333 e. The maximum absolute atomic E-state index is 6.00. The molecule has 0 amide bonds. The average Bonchev–Trinajstić information content (AvgIpc) is 2.19.